The molecule has 0 spiro atoms. The molecule has 3 heteroatoms. The lowest BCUT2D eigenvalue weighted by Crippen LogP contribution is -2.74. The standard InChI is InChI=1S/C5H5N.C3H4N2/c1-2-4-6-5-3-1;1-2-5-3-4-1/h1-5H;1-3H,(H,4,5)/p+2. The van der Waals surface area contributed by atoms with Crippen molar-refractivity contribution in [1.29, 1.82) is 0 Å². The van der Waals surface area contributed by atoms with Crippen LogP contribution in [-0.4, -0.2) is 6.34 Å². The lowest BCUT2D eigenvalue weighted by Gasteiger charge is -1.63. The molecule has 11 heavy (non-hydrogen) atoms. The van der Waals surface area contributed by atoms with Gasteiger partial charge in [-0.15, -0.1) is 0 Å². The lowest BCUT2D eigenvalue weighted by atomic mass is 10.5. The van der Waals surface area contributed by atoms with Gasteiger partial charge in [0.05, 0.1) is 6.20 Å². The molecule has 1 aliphatic rings. The molecule has 1 aromatic rings. The number of hydrogen-bond donors (Lipinski definition) is 1. The number of quaternary nitrogens is 1. The second-order valence-electron chi connectivity index (χ2n) is 1.91. The molecule has 0 unspecified atom stereocenters. The Labute approximate surface area is 65.5 Å². The molecular formula is C8H11N3+2. The summed E-state index contributed by atoms with van der Waals surface area (Å²) in [5, 5.41) is 1.89. The maximum atomic E-state index is 3.72. The van der Waals surface area contributed by atoms with E-state index in [9.17, 15) is 0 Å². The number of aromatic amines is 1. The van der Waals surface area contributed by atoms with Crippen molar-refractivity contribution in [3.63, 3.8) is 0 Å². The number of nitrogens with two attached hydrogens (primary N) is 1. The van der Waals surface area contributed by atoms with Gasteiger partial charge in [-0.05, 0) is 0 Å². The second kappa shape index (κ2) is 5.32. The van der Waals surface area contributed by atoms with Crippen LogP contribution < -0.4 is 10.3 Å². The highest BCUT2D eigenvalue weighted by Gasteiger charge is 1.76. The van der Waals surface area contributed by atoms with Crippen LogP contribution in [0.1, 0.15) is 0 Å². The summed E-state index contributed by atoms with van der Waals surface area (Å²) in [6.45, 7) is 0. The molecule has 1 aromatic heterocycles. The van der Waals surface area contributed by atoms with Crippen molar-refractivity contribution < 1.29 is 10.3 Å². The molecule has 0 saturated heterocycles. The molecule has 0 fully saturated rings. The number of hydrogen-bond acceptors (Lipinski definition) is 1. The fourth-order valence-electron chi connectivity index (χ4n) is 0.590. The van der Waals surface area contributed by atoms with Crippen LogP contribution in [0.15, 0.2) is 48.0 Å². The largest absolute Gasteiger partial charge is 0.276 e. The van der Waals surface area contributed by atoms with Crippen LogP contribution in [0.25, 0.3) is 0 Å². The number of aromatic nitrogens is 1. The van der Waals surface area contributed by atoms with Gasteiger partial charge in [-0.1, -0.05) is 6.07 Å². The Morgan fingerprint density at radius 3 is 2.09 bits per heavy atom. The van der Waals surface area contributed by atoms with Crippen LogP contribution in [0, 0.1) is 0 Å². The lowest BCUT2D eigenvalue weighted by molar-refractivity contribution is -0.447. The van der Waals surface area contributed by atoms with E-state index in [1.54, 1.807) is 12.5 Å². The minimum atomic E-state index is 1.75. The fraction of sp³-hybridized carbons (Fsp3) is 0. The van der Waals surface area contributed by atoms with Crippen molar-refractivity contribution in [2.24, 2.45) is 4.99 Å². The summed E-state index contributed by atoms with van der Waals surface area (Å²) in [5.41, 5.74) is 0. The molecule has 0 saturated carbocycles. The van der Waals surface area contributed by atoms with Crippen molar-refractivity contribution in [3.05, 3.63) is 43.0 Å². The Balaban J connectivity index is 0.000000112. The number of aliphatic imine (C=N–C) groups is 1. The van der Waals surface area contributed by atoms with Crippen LogP contribution in [-0.2, 0) is 0 Å². The Kier molecular flexibility index (Phi) is 3.69. The molecule has 0 aliphatic carbocycles. The van der Waals surface area contributed by atoms with Gasteiger partial charge in [-0.3, -0.25) is 5.32 Å². The Hall–Kier alpha value is -1.48. The van der Waals surface area contributed by atoms with Gasteiger partial charge in [0.2, 0.25) is 0 Å². The second-order valence-corrected chi connectivity index (χ2v) is 1.91. The quantitative estimate of drug-likeness (QED) is 0.520. The average molecular weight is 149 g/mol. The van der Waals surface area contributed by atoms with E-state index >= 15 is 0 Å². The molecule has 0 bridgehead atoms. The summed E-state index contributed by atoms with van der Waals surface area (Å²) in [7, 11) is 0. The van der Waals surface area contributed by atoms with E-state index in [4.69, 9.17) is 0 Å². The molecule has 0 amide bonds. The molecule has 0 atom stereocenters. The molecule has 0 radical (unpaired) electrons. The van der Waals surface area contributed by atoms with Crippen LogP contribution in [0.2, 0.25) is 0 Å². The van der Waals surface area contributed by atoms with Crippen LogP contribution in [0.5, 0.6) is 0 Å². The minimum Gasteiger partial charge on any atom is -0.276 e. The Bertz CT molecular complexity index is 192. The summed E-state index contributed by atoms with van der Waals surface area (Å²) in [6, 6.07) is 5.86. The van der Waals surface area contributed by atoms with E-state index < -0.39 is 0 Å². The molecule has 3 N–H and O–H groups in total. The topological polar surface area (TPSA) is 43.1 Å². The molecule has 2 rings (SSSR count). The summed E-state index contributed by atoms with van der Waals surface area (Å²) < 4.78 is 0. The first kappa shape index (κ1) is 7.63. The Morgan fingerprint density at radius 2 is 1.91 bits per heavy atom. The highest BCUT2D eigenvalue weighted by Crippen LogP contribution is 1.68. The van der Waals surface area contributed by atoms with Crippen molar-refractivity contribution in [2.75, 3.05) is 0 Å². The van der Waals surface area contributed by atoms with E-state index in [1.165, 1.54) is 0 Å². The first-order valence-electron chi connectivity index (χ1n) is 3.43. The Morgan fingerprint density at radius 1 is 1.09 bits per heavy atom. The fourth-order valence-corrected chi connectivity index (χ4v) is 0.590. The summed E-state index contributed by atoms with van der Waals surface area (Å²) >= 11 is 0. The van der Waals surface area contributed by atoms with E-state index in [0.29, 0.717) is 0 Å². The number of nitrogens with zero attached hydrogens (tertiary/aromatic N) is 1. The smallest absolute Gasteiger partial charge is 0.191 e. The zero-order valence-electron chi connectivity index (χ0n) is 6.14. The highest BCUT2D eigenvalue weighted by molar-refractivity contribution is 5.45. The maximum Gasteiger partial charge on any atom is 0.191 e. The molecule has 2 heterocycles. The zero-order chi connectivity index (χ0) is 7.78. The third kappa shape index (κ3) is 4.00. The van der Waals surface area contributed by atoms with Gasteiger partial charge in [0.1, 0.15) is 6.20 Å². The normalized spacial score (nSPS) is 12.4. The predicted octanol–water partition coefficient (Wildman–Crippen LogP) is -0.436. The van der Waals surface area contributed by atoms with Gasteiger partial charge in [0.15, 0.2) is 18.7 Å². The number of nitrogens with one attached hydrogen (secondary N) is 1. The van der Waals surface area contributed by atoms with Gasteiger partial charge < -0.3 is 0 Å². The van der Waals surface area contributed by atoms with Crippen molar-refractivity contribution in [3.8, 4) is 0 Å². The van der Waals surface area contributed by atoms with Gasteiger partial charge in [0, 0.05) is 12.1 Å². The molecule has 3 nitrogen and oxygen atoms in total. The average Bonchev–Trinajstić information content (AvgIpc) is 2.64. The van der Waals surface area contributed by atoms with Crippen molar-refractivity contribution in [1.82, 2.24) is 0 Å². The monoisotopic (exact) mass is 149 g/mol. The first-order chi connectivity index (χ1) is 5.50. The SMILES string of the molecule is C1=C[NH2+]C=N1.c1cc[nH+]cc1. The molecule has 56 valence electrons. The van der Waals surface area contributed by atoms with Crippen LogP contribution in [0.3, 0.4) is 0 Å². The van der Waals surface area contributed by atoms with Gasteiger partial charge in [-0.25, -0.2) is 9.98 Å². The third-order valence-corrected chi connectivity index (χ3v) is 1.06. The van der Waals surface area contributed by atoms with E-state index in [1.807, 2.05) is 42.1 Å². The first-order valence-corrected chi connectivity index (χ1v) is 3.43. The van der Waals surface area contributed by atoms with Crippen LogP contribution >= 0.6 is 0 Å². The number of pyridine rings is 1. The molecule has 0 aromatic carbocycles. The van der Waals surface area contributed by atoms with Gasteiger partial charge in [-0.2, -0.15) is 0 Å². The van der Waals surface area contributed by atoms with E-state index in [-0.39, 0.29) is 0 Å². The summed E-state index contributed by atoms with van der Waals surface area (Å²) in [6.07, 6.45) is 9.14. The van der Waals surface area contributed by atoms with E-state index in [2.05, 4.69) is 9.98 Å². The van der Waals surface area contributed by atoms with E-state index in [0.717, 1.165) is 0 Å². The summed E-state index contributed by atoms with van der Waals surface area (Å²) in [4.78, 5) is 6.61. The molecular weight excluding hydrogens is 138 g/mol. The third-order valence-electron chi connectivity index (χ3n) is 1.06. The van der Waals surface area contributed by atoms with Gasteiger partial charge in [0.25, 0.3) is 0 Å². The highest BCUT2D eigenvalue weighted by atomic mass is 15.0. The number of H-pyrrole nitrogens is 1. The van der Waals surface area contributed by atoms with Crippen molar-refractivity contribution >= 4 is 6.34 Å². The minimum absolute atomic E-state index is 1.75. The molecule has 1 aliphatic heterocycles. The van der Waals surface area contributed by atoms with Crippen molar-refractivity contribution in [2.45, 2.75) is 0 Å². The summed E-state index contributed by atoms with van der Waals surface area (Å²) in [5.74, 6) is 0. The van der Waals surface area contributed by atoms with Gasteiger partial charge >= 0.3 is 0 Å². The van der Waals surface area contributed by atoms with Crippen LogP contribution in [0.4, 0.5) is 0 Å². The zero-order valence-corrected chi connectivity index (χ0v) is 6.14. The maximum absolute atomic E-state index is 3.72. The number of rotatable bonds is 0. The predicted molar refractivity (Wildman–Crippen MR) is 42.6 cm³/mol.